The van der Waals surface area contributed by atoms with Gasteiger partial charge >= 0.3 is 0 Å². The van der Waals surface area contributed by atoms with Crippen LogP contribution in [0.2, 0.25) is 0 Å². The van der Waals surface area contributed by atoms with E-state index in [1.165, 1.54) is 16.7 Å². The molecule has 0 bridgehead atoms. The van der Waals surface area contributed by atoms with E-state index in [0.29, 0.717) is 0 Å². The van der Waals surface area contributed by atoms with Crippen molar-refractivity contribution in [3.63, 3.8) is 0 Å². The molecule has 1 fully saturated rings. The summed E-state index contributed by atoms with van der Waals surface area (Å²) in [5, 5.41) is 3.20. The fourth-order valence-electron chi connectivity index (χ4n) is 4.54. The molecule has 0 unspecified atom stereocenters. The number of benzene rings is 3. The number of likely N-dealkylation sites (tertiary alicyclic amines) is 1. The standard InChI is InChI=1S/C28H32N2O2/c1-20-8-6-9-21(2)26(20)19-30-16-14-22(15-17-30)28(31)29-27-13-5-4-12-25(27)23-10-7-11-24(18-23)32-3/h4-13,18,22H,14-17,19H2,1-3H3,(H,29,31). The lowest BCUT2D eigenvalue weighted by atomic mass is 9.94. The van der Waals surface area contributed by atoms with Gasteiger partial charge in [-0.2, -0.15) is 0 Å². The summed E-state index contributed by atoms with van der Waals surface area (Å²) in [6.07, 6.45) is 1.77. The third-order valence-corrected chi connectivity index (χ3v) is 6.55. The number of carbonyl (C=O) groups excluding carboxylic acids is 1. The Kier molecular flexibility index (Phi) is 6.91. The SMILES string of the molecule is COc1cccc(-c2ccccc2NC(=O)C2CCN(Cc3c(C)cccc3C)CC2)c1. The number of amides is 1. The van der Waals surface area contributed by atoms with Gasteiger partial charge in [0.2, 0.25) is 5.91 Å². The molecule has 1 aliphatic rings. The van der Waals surface area contributed by atoms with Crippen LogP contribution in [0.5, 0.6) is 5.75 Å². The van der Waals surface area contributed by atoms with E-state index in [4.69, 9.17) is 4.74 Å². The molecule has 4 heteroatoms. The summed E-state index contributed by atoms with van der Waals surface area (Å²) in [6.45, 7) is 7.23. The van der Waals surface area contributed by atoms with Crippen LogP contribution < -0.4 is 10.1 Å². The van der Waals surface area contributed by atoms with Crippen molar-refractivity contribution in [2.75, 3.05) is 25.5 Å². The Balaban J connectivity index is 1.40. The fourth-order valence-corrected chi connectivity index (χ4v) is 4.54. The third kappa shape index (κ3) is 5.03. The zero-order valence-electron chi connectivity index (χ0n) is 19.2. The van der Waals surface area contributed by atoms with Gasteiger partial charge in [0.25, 0.3) is 0 Å². The molecule has 32 heavy (non-hydrogen) atoms. The molecule has 1 N–H and O–H groups in total. The average molecular weight is 429 g/mol. The largest absolute Gasteiger partial charge is 0.497 e. The lowest BCUT2D eigenvalue weighted by Gasteiger charge is -2.32. The number of aryl methyl sites for hydroxylation is 2. The molecule has 0 saturated carbocycles. The first kappa shape index (κ1) is 22.1. The zero-order chi connectivity index (χ0) is 22.5. The van der Waals surface area contributed by atoms with Crippen LogP contribution in [0.1, 0.15) is 29.5 Å². The second-order valence-electron chi connectivity index (χ2n) is 8.69. The number of hydrogen-bond acceptors (Lipinski definition) is 3. The van der Waals surface area contributed by atoms with Crippen molar-refractivity contribution < 1.29 is 9.53 Å². The number of hydrogen-bond donors (Lipinski definition) is 1. The Morgan fingerprint density at radius 2 is 1.66 bits per heavy atom. The molecule has 3 aromatic carbocycles. The minimum atomic E-state index is 0.0441. The van der Waals surface area contributed by atoms with Crippen LogP contribution >= 0.6 is 0 Å². The number of rotatable bonds is 6. The molecule has 0 aliphatic carbocycles. The minimum absolute atomic E-state index is 0.0441. The second kappa shape index (κ2) is 10.0. The molecule has 1 heterocycles. The smallest absolute Gasteiger partial charge is 0.227 e. The van der Waals surface area contributed by atoms with Crippen molar-refractivity contribution in [1.29, 1.82) is 0 Å². The highest BCUT2D eigenvalue weighted by atomic mass is 16.5. The Hall–Kier alpha value is -3.11. The minimum Gasteiger partial charge on any atom is -0.497 e. The van der Waals surface area contributed by atoms with Crippen molar-refractivity contribution in [2.45, 2.75) is 33.2 Å². The maximum Gasteiger partial charge on any atom is 0.227 e. The van der Waals surface area contributed by atoms with E-state index in [1.54, 1.807) is 7.11 Å². The first-order valence-corrected chi connectivity index (χ1v) is 11.4. The highest BCUT2D eigenvalue weighted by Crippen LogP contribution is 2.31. The van der Waals surface area contributed by atoms with Crippen molar-refractivity contribution in [3.05, 3.63) is 83.4 Å². The molecule has 4 nitrogen and oxygen atoms in total. The first-order valence-electron chi connectivity index (χ1n) is 11.4. The molecule has 3 aromatic rings. The van der Waals surface area contributed by atoms with E-state index in [0.717, 1.165) is 55.0 Å². The molecule has 166 valence electrons. The van der Waals surface area contributed by atoms with Crippen molar-refractivity contribution in [2.24, 2.45) is 5.92 Å². The Bertz CT molecular complexity index is 1060. The first-order chi connectivity index (χ1) is 15.5. The highest BCUT2D eigenvalue weighted by molar-refractivity contribution is 5.96. The average Bonchev–Trinajstić information content (AvgIpc) is 2.82. The van der Waals surface area contributed by atoms with Crippen LogP contribution in [-0.2, 0) is 11.3 Å². The van der Waals surface area contributed by atoms with Gasteiger partial charge in [-0.25, -0.2) is 0 Å². The van der Waals surface area contributed by atoms with Crippen molar-refractivity contribution in [3.8, 4) is 16.9 Å². The van der Waals surface area contributed by atoms with E-state index in [2.05, 4.69) is 42.3 Å². The highest BCUT2D eigenvalue weighted by Gasteiger charge is 2.26. The number of piperidine rings is 1. The normalized spacial score (nSPS) is 14.8. The fraction of sp³-hybridized carbons (Fsp3) is 0.321. The Labute approximate surface area is 191 Å². The summed E-state index contributed by atoms with van der Waals surface area (Å²) in [5.74, 6) is 0.967. The number of carbonyl (C=O) groups is 1. The van der Waals surface area contributed by atoms with Gasteiger partial charge in [-0.05, 0) is 80.2 Å². The summed E-state index contributed by atoms with van der Waals surface area (Å²) >= 11 is 0. The Morgan fingerprint density at radius 3 is 2.38 bits per heavy atom. The third-order valence-electron chi connectivity index (χ3n) is 6.55. The Morgan fingerprint density at radius 1 is 0.969 bits per heavy atom. The molecular weight excluding hydrogens is 396 g/mol. The maximum absolute atomic E-state index is 13.1. The predicted molar refractivity (Wildman–Crippen MR) is 131 cm³/mol. The van der Waals surface area contributed by atoms with Crippen LogP contribution in [-0.4, -0.2) is 31.0 Å². The summed E-state index contributed by atoms with van der Waals surface area (Å²) in [4.78, 5) is 15.6. The van der Waals surface area contributed by atoms with Crippen LogP contribution in [0.15, 0.2) is 66.7 Å². The molecule has 0 spiro atoms. The van der Waals surface area contributed by atoms with E-state index in [-0.39, 0.29) is 11.8 Å². The summed E-state index contributed by atoms with van der Waals surface area (Å²) in [7, 11) is 1.67. The predicted octanol–water partition coefficient (Wildman–Crippen LogP) is 5.83. The van der Waals surface area contributed by atoms with Crippen LogP contribution in [0.3, 0.4) is 0 Å². The van der Waals surface area contributed by atoms with Crippen LogP contribution in [0.25, 0.3) is 11.1 Å². The van der Waals surface area contributed by atoms with Crippen LogP contribution in [0.4, 0.5) is 5.69 Å². The molecule has 0 aromatic heterocycles. The molecule has 0 atom stereocenters. The van der Waals surface area contributed by atoms with Gasteiger partial charge in [-0.3, -0.25) is 9.69 Å². The quantitative estimate of drug-likeness (QED) is 0.537. The number of anilines is 1. The van der Waals surface area contributed by atoms with Gasteiger partial charge in [0.15, 0.2) is 0 Å². The summed E-state index contributed by atoms with van der Waals surface area (Å²) in [5.41, 5.74) is 7.00. The van der Waals surface area contributed by atoms with E-state index >= 15 is 0 Å². The second-order valence-corrected chi connectivity index (χ2v) is 8.69. The van der Waals surface area contributed by atoms with E-state index in [9.17, 15) is 4.79 Å². The number of nitrogens with zero attached hydrogens (tertiary/aromatic N) is 1. The monoisotopic (exact) mass is 428 g/mol. The molecule has 0 radical (unpaired) electrons. The van der Waals surface area contributed by atoms with E-state index < -0.39 is 0 Å². The number of nitrogens with one attached hydrogen (secondary N) is 1. The molecule has 4 rings (SSSR count). The number of para-hydroxylation sites is 1. The summed E-state index contributed by atoms with van der Waals surface area (Å²) in [6, 6.07) is 22.4. The van der Waals surface area contributed by atoms with E-state index in [1.807, 2.05) is 48.5 Å². The maximum atomic E-state index is 13.1. The molecule has 1 saturated heterocycles. The van der Waals surface area contributed by atoms with Gasteiger partial charge in [0, 0.05) is 23.7 Å². The lowest BCUT2D eigenvalue weighted by molar-refractivity contribution is -0.121. The van der Waals surface area contributed by atoms with Gasteiger partial charge in [-0.15, -0.1) is 0 Å². The molecule has 1 aliphatic heterocycles. The van der Waals surface area contributed by atoms with Crippen molar-refractivity contribution in [1.82, 2.24) is 4.90 Å². The van der Waals surface area contributed by atoms with Gasteiger partial charge in [0.1, 0.15) is 5.75 Å². The van der Waals surface area contributed by atoms with Gasteiger partial charge in [-0.1, -0.05) is 48.5 Å². The number of methoxy groups -OCH3 is 1. The molecular formula is C28H32N2O2. The number of ether oxygens (including phenoxy) is 1. The van der Waals surface area contributed by atoms with Gasteiger partial charge in [0.05, 0.1) is 7.11 Å². The zero-order valence-corrected chi connectivity index (χ0v) is 19.2. The van der Waals surface area contributed by atoms with Gasteiger partial charge < -0.3 is 10.1 Å². The topological polar surface area (TPSA) is 41.6 Å². The van der Waals surface area contributed by atoms with Crippen molar-refractivity contribution >= 4 is 11.6 Å². The molecule has 1 amide bonds. The van der Waals surface area contributed by atoms with Crippen LogP contribution in [0, 0.1) is 19.8 Å². The summed E-state index contributed by atoms with van der Waals surface area (Å²) < 4.78 is 5.37. The lowest BCUT2D eigenvalue weighted by Crippen LogP contribution is -2.38.